The molecular weight excluding hydrogens is 568 g/mol. The van der Waals surface area contributed by atoms with E-state index in [1.54, 1.807) is 0 Å². The van der Waals surface area contributed by atoms with E-state index in [2.05, 4.69) is 13.8 Å². The Morgan fingerprint density at radius 1 is 0.391 bits per heavy atom. The molecule has 0 radical (unpaired) electrons. The van der Waals surface area contributed by atoms with Crippen molar-refractivity contribution >= 4 is 11.9 Å². The molecule has 0 aromatic heterocycles. The largest absolute Gasteiger partial charge is 0.481 e. The summed E-state index contributed by atoms with van der Waals surface area (Å²) in [6.07, 6.45) is 45.6. The summed E-state index contributed by atoms with van der Waals surface area (Å²) in [7, 11) is 0. The van der Waals surface area contributed by atoms with Crippen LogP contribution in [-0.4, -0.2) is 23.1 Å². The van der Waals surface area contributed by atoms with Crippen molar-refractivity contribution in [2.24, 2.45) is 0 Å². The Balaban J connectivity index is 3.99. The summed E-state index contributed by atoms with van der Waals surface area (Å²) in [6, 6.07) is 0. The molecule has 1 unspecified atom stereocenters. The number of unbranched alkanes of at least 4 members (excludes halogenated alkanes) is 30. The van der Waals surface area contributed by atoms with Gasteiger partial charge in [0.25, 0.3) is 0 Å². The lowest BCUT2D eigenvalue weighted by Crippen LogP contribution is -2.18. The van der Waals surface area contributed by atoms with E-state index >= 15 is 0 Å². The summed E-state index contributed by atoms with van der Waals surface area (Å²) >= 11 is 0. The van der Waals surface area contributed by atoms with Crippen molar-refractivity contribution in [1.29, 1.82) is 0 Å². The van der Waals surface area contributed by atoms with Gasteiger partial charge in [-0.15, -0.1) is 0 Å². The zero-order valence-corrected chi connectivity index (χ0v) is 31.4. The molecule has 0 aromatic rings. The molecule has 0 aliphatic carbocycles. The highest BCUT2D eigenvalue weighted by atomic mass is 16.5. The topological polar surface area (TPSA) is 63.6 Å². The molecule has 0 aliphatic heterocycles. The van der Waals surface area contributed by atoms with Crippen LogP contribution in [0.2, 0.25) is 0 Å². The third-order valence-electron chi connectivity index (χ3n) is 9.83. The minimum Gasteiger partial charge on any atom is -0.481 e. The number of rotatable bonds is 39. The molecule has 0 fully saturated rings. The predicted octanol–water partition coefficient (Wildman–Crippen LogP) is 14.5. The van der Waals surface area contributed by atoms with E-state index < -0.39 is 5.97 Å². The van der Waals surface area contributed by atoms with Crippen molar-refractivity contribution in [3.63, 3.8) is 0 Å². The maximum absolute atomic E-state index is 12.7. The van der Waals surface area contributed by atoms with Crippen molar-refractivity contribution in [3.05, 3.63) is 0 Å². The van der Waals surface area contributed by atoms with Crippen LogP contribution in [0.25, 0.3) is 0 Å². The number of hydrogen-bond donors (Lipinski definition) is 1. The maximum atomic E-state index is 12.7. The van der Waals surface area contributed by atoms with Crippen molar-refractivity contribution < 1.29 is 19.4 Å². The zero-order valence-electron chi connectivity index (χ0n) is 31.4. The number of carboxylic acids is 1. The molecule has 0 rings (SSSR count). The lowest BCUT2D eigenvalue weighted by Gasteiger charge is -2.18. The third kappa shape index (κ3) is 37.4. The first-order valence-corrected chi connectivity index (χ1v) is 21.0. The van der Waals surface area contributed by atoms with E-state index in [4.69, 9.17) is 9.84 Å². The van der Waals surface area contributed by atoms with Crippen LogP contribution in [0.4, 0.5) is 0 Å². The number of aliphatic carboxylic acids is 1. The van der Waals surface area contributed by atoms with Gasteiger partial charge in [-0.05, 0) is 38.5 Å². The third-order valence-corrected chi connectivity index (χ3v) is 9.83. The van der Waals surface area contributed by atoms with Gasteiger partial charge in [-0.1, -0.05) is 200 Å². The smallest absolute Gasteiger partial charge is 0.306 e. The van der Waals surface area contributed by atoms with Crippen LogP contribution in [0.5, 0.6) is 0 Å². The molecule has 4 nitrogen and oxygen atoms in total. The molecule has 1 atom stereocenters. The summed E-state index contributed by atoms with van der Waals surface area (Å²) in [5, 5.41) is 8.80. The second-order valence-electron chi connectivity index (χ2n) is 14.5. The van der Waals surface area contributed by atoms with Crippen molar-refractivity contribution in [3.8, 4) is 0 Å². The monoisotopic (exact) mass is 651 g/mol. The fourth-order valence-corrected chi connectivity index (χ4v) is 6.72. The lowest BCUT2D eigenvalue weighted by atomic mass is 10.0. The van der Waals surface area contributed by atoms with Crippen molar-refractivity contribution in [1.82, 2.24) is 0 Å². The lowest BCUT2D eigenvalue weighted by molar-refractivity contribution is -0.150. The molecule has 0 saturated carbocycles. The van der Waals surface area contributed by atoms with Gasteiger partial charge in [-0.3, -0.25) is 9.59 Å². The Morgan fingerprint density at radius 3 is 0.957 bits per heavy atom. The number of carbonyl (C=O) groups excluding carboxylic acids is 1. The van der Waals surface area contributed by atoms with Crippen LogP contribution in [0, 0.1) is 0 Å². The summed E-state index contributed by atoms with van der Waals surface area (Å²) < 4.78 is 6.04. The SMILES string of the molecule is CCCCCCCCCCCCCCCCCC(=O)OC(CCCCCCCCCCCCCC)CCCCCCCCC(=O)O. The number of hydrogen-bond acceptors (Lipinski definition) is 3. The summed E-state index contributed by atoms with van der Waals surface area (Å²) in [4.78, 5) is 23.4. The van der Waals surface area contributed by atoms with E-state index in [0.717, 1.165) is 64.2 Å². The van der Waals surface area contributed by atoms with Gasteiger partial charge >= 0.3 is 11.9 Å². The zero-order chi connectivity index (χ0) is 33.6. The van der Waals surface area contributed by atoms with Gasteiger partial charge < -0.3 is 9.84 Å². The number of carbonyl (C=O) groups is 2. The molecule has 0 aliphatic rings. The van der Waals surface area contributed by atoms with Gasteiger partial charge in [0, 0.05) is 12.8 Å². The molecule has 1 N–H and O–H groups in total. The molecule has 0 spiro atoms. The molecule has 274 valence electrons. The van der Waals surface area contributed by atoms with Crippen LogP contribution >= 0.6 is 0 Å². The Kier molecular flexibility index (Phi) is 37.5. The molecule has 4 heteroatoms. The Hall–Kier alpha value is -1.06. The fraction of sp³-hybridized carbons (Fsp3) is 0.952. The standard InChI is InChI=1S/C42H82O4/c1-3-5-7-9-11-13-15-17-18-19-21-23-25-31-35-39-42(45)46-40(37-33-29-26-27-30-34-38-41(43)44)36-32-28-24-22-20-16-14-12-10-8-6-4-2/h40H,3-39H2,1-2H3,(H,43,44). The van der Waals surface area contributed by atoms with Crippen LogP contribution in [0.1, 0.15) is 251 Å². The molecule has 0 heterocycles. The first-order chi connectivity index (χ1) is 22.6. The highest BCUT2D eigenvalue weighted by molar-refractivity contribution is 5.69. The number of esters is 1. The molecule has 0 bridgehead atoms. The van der Waals surface area contributed by atoms with E-state index in [9.17, 15) is 9.59 Å². The highest BCUT2D eigenvalue weighted by Crippen LogP contribution is 2.19. The highest BCUT2D eigenvalue weighted by Gasteiger charge is 2.14. The molecular formula is C42H82O4. The van der Waals surface area contributed by atoms with Gasteiger partial charge in [0.05, 0.1) is 0 Å². The number of ether oxygens (including phenoxy) is 1. The van der Waals surface area contributed by atoms with Crippen LogP contribution in [-0.2, 0) is 14.3 Å². The summed E-state index contributed by atoms with van der Waals surface area (Å²) in [6.45, 7) is 4.57. The first kappa shape index (κ1) is 44.9. The van der Waals surface area contributed by atoms with Gasteiger partial charge in [-0.25, -0.2) is 0 Å². The normalized spacial score (nSPS) is 12.0. The Labute approximate surface area is 288 Å². The minimum atomic E-state index is -0.688. The van der Waals surface area contributed by atoms with Crippen LogP contribution < -0.4 is 0 Å². The van der Waals surface area contributed by atoms with E-state index in [0.29, 0.717) is 6.42 Å². The Bertz CT molecular complexity index is 619. The molecule has 0 aromatic carbocycles. The molecule has 0 amide bonds. The average Bonchev–Trinajstić information content (AvgIpc) is 3.04. The van der Waals surface area contributed by atoms with Crippen molar-refractivity contribution in [2.45, 2.75) is 258 Å². The Morgan fingerprint density at radius 2 is 0.652 bits per heavy atom. The van der Waals surface area contributed by atoms with Crippen LogP contribution in [0.15, 0.2) is 0 Å². The fourth-order valence-electron chi connectivity index (χ4n) is 6.72. The van der Waals surface area contributed by atoms with E-state index in [-0.39, 0.29) is 18.5 Å². The van der Waals surface area contributed by atoms with Gasteiger partial charge in [0.15, 0.2) is 0 Å². The van der Waals surface area contributed by atoms with Gasteiger partial charge in [-0.2, -0.15) is 0 Å². The minimum absolute atomic E-state index is 0.0206. The second kappa shape index (κ2) is 38.4. The molecule has 46 heavy (non-hydrogen) atoms. The second-order valence-corrected chi connectivity index (χ2v) is 14.5. The predicted molar refractivity (Wildman–Crippen MR) is 200 cm³/mol. The average molecular weight is 651 g/mol. The molecule has 0 saturated heterocycles. The number of carboxylic acid groups (broad SMARTS) is 1. The quantitative estimate of drug-likeness (QED) is 0.0531. The van der Waals surface area contributed by atoms with E-state index in [1.807, 2.05) is 0 Å². The van der Waals surface area contributed by atoms with Gasteiger partial charge in [0.2, 0.25) is 0 Å². The van der Waals surface area contributed by atoms with Crippen molar-refractivity contribution in [2.75, 3.05) is 0 Å². The van der Waals surface area contributed by atoms with Gasteiger partial charge in [0.1, 0.15) is 6.10 Å². The summed E-state index contributed by atoms with van der Waals surface area (Å²) in [5.74, 6) is -0.667. The first-order valence-electron chi connectivity index (χ1n) is 21.0. The van der Waals surface area contributed by atoms with E-state index in [1.165, 1.54) is 161 Å². The van der Waals surface area contributed by atoms with Crippen LogP contribution in [0.3, 0.4) is 0 Å². The summed E-state index contributed by atoms with van der Waals surface area (Å²) in [5.41, 5.74) is 0. The maximum Gasteiger partial charge on any atom is 0.306 e.